The predicted octanol–water partition coefficient (Wildman–Crippen LogP) is 4.13. The minimum absolute atomic E-state index is 0.00711. The van der Waals surface area contributed by atoms with Crippen LogP contribution in [0.15, 0.2) is 77.6 Å². The molecule has 6 nitrogen and oxygen atoms in total. The largest absolute Gasteiger partial charge is 0.459 e. The maximum Gasteiger partial charge on any atom is 0.326 e. The molecule has 1 aliphatic heterocycles. The number of hydrogen-bond donors (Lipinski definition) is 0. The van der Waals surface area contributed by atoms with Gasteiger partial charge >= 0.3 is 5.97 Å². The van der Waals surface area contributed by atoms with E-state index < -0.39 is 5.97 Å². The van der Waals surface area contributed by atoms with E-state index in [-0.39, 0.29) is 24.5 Å². The molecule has 2 heterocycles. The number of aromatic nitrogens is 1. The number of pyridine rings is 1. The van der Waals surface area contributed by atoms with E-state index in [2.05, 4.69) is 0 Å². The van der Waals surface area contributed by atoms with Gasteiger partial charge in [0.05, 0.1) is 11.0 Å². The molecule has 0 N–H and O–H groups in total. The molecule has 4 aromatic rings. The van der Waals surface area contributed by atoms with E-state index >= 15 is 0 Å². The summed E-state index contributed by atoms with van der Waals surface area (Å²) >= 11 is 0. The average Bonchev–Trinajstić information content (AvgIpc) is 3.40. The first-order valence-electron chi connectivity index (χ1n) is 11.2. The Morgan fingerprint density at radius 2 is 1.36 bits per heavy atom. The molecule has 1 amide bonds. The van der Waals surface area contributed by atoms with E-state index in [0.717, 1.165) is 31.5 Å². The molecule has 1 aliphatic rings. The highest BCUT2D eigenvalue weighted by atomic mass is 16.5. The third kappa shape index (κ3) is 4.12. The summed E-state index contributed by atoms with van der Waals surface area (Å²) in [5.41, 5.74) is 2.81. The Balaban J connectivity index is 1.32. The third-order valence-electron chi connectivity index (χ3n) is 6.16. The molecular formula is C27H24N2O4. The maximum absolute atomic E-state index is 12.8. The lowest BCUT2D eigenvalue weighted by molar-refractivity contribution is -0.145. The van der Waals surface area contributed by atoms with Gasteiger partial charge in [0.1, 0.15) is 13.2 Å². The van der Waals surface area contributed by atoms with Crippen LogP contribution in [0.5, 0.6) is 0 Å². The van der Waals surface area contributed by atoms with Crippen LogP contribution in [0.1, 0.15) is 28.8 Å². The van der Waals surface area contributed by atoms with Gasteiger partial charge in [-0.3, -0.25) is 14.4 Å². The van der Waals surface area contributed by atoms with Crippen molar-refractivity contribution in [1.29, 1.82) is 0 Å². The number of ether oxygens (including phenoxy) is 1. The van der Waals surface area contributed by atoms with Crippen LogP contribution in [0.25, 0.3) is 21.8 Å². The number of hydrogen-bond acceptors (Lipinski definition) is 4. The van der Waals surface area contributed by atoms with E-state index in [0.29, 0.717) is 27.4 Å². The maximum atomic E-state index is 12.8. The smallest absolute Gasteiger partial charge is 0.326 e. The molecule has 0 atom stereocenters. The van der Waals surface area contributed by atoms with Gasteiger partial charge in [0.15, 0.2) is 5.43 Å². The summed E-state index contributed by atoms with van der Waals surface area (Å²) in [6, 6.07) is 21.8. The second-order valence-corrected chi connectivity index (χ2v) is 8.31. The van der Waals surface area contributed by atoms with E-state index in [1.165, 1.54) is 0 Å². The van der Waals surface area contributed by atoms with Gasteiger partial charge in [0, 0.05) is 29.4 Å². The third-order valence-corrected chi connectivity index (χ3v) is 6.16. The summed E-state index contributed by atoms with van der Waals surface area (Å²) in [6.45, 7) is 1.74. The quantitative estimate of drug-likeness (QED) is 0.346. The molecule has 0 radical (unpaired) electrons. The Hall–Kier alpha value is -3.93. The van der Waals surface area contributed by atoms with Gasteiger partial charge in [-0.2, -0.15) is 0 Å². The Kier molecular flexibility index (Phi) is 5.65. The summed E-state index contributed by atoms with van der Waals surface area (Å²) in [5, 5.41) is 1.14. The fourth-order valence-electron chi connectivity index (χ4n) is 4.43. The zero-order valence-corrected chi connectivity index (χ0v) is 18.2. The molecule has 0 bridgehead atoms. The van der Waals surface area contributed by atoms with Gasteiger partial charge in [-0.05, 0) is 54.8 Å². The Bertz CT molecular complexity index is 1340. The highest BCUT2D eigenvalue weighted by molar-refractivity contribution is 5.95. The van der Waals surface area contributed by atoms with Gasteiger partial charge in [0.2, 0.25) is 0 Å². The zero-order valence-electron chi connectivity index (χ0n) is 18.2. The molecule has 1 aromatic heterocycles. The van der Waals surface area contributed by atoms with Crippen molar-refractivity contribution < 1.29 is 14.3 Å². The van der Waals surface area contributed by atoms with E-state index in [1.807, 2.05) is 58.0 Å². The molecule has 33 heavy (non-hydrogen) atoms. The normalized spacial score (nSPS) is 13.5. The van der Waals surface area contributed by atoms with Gasteiger partial charge in [-0.25, -0.2) is 0 Å². The highest BCUT2D eigenvalue weighted by Gasteiger charge is 2.19. The Morgan fingerprint density at radius 1 is 0.788 bits per heavy atom. The fourth-order valence-corrected chi connectivity index (χ4v) is 4.43. The van der Waals surface area contributed by atoms with Crippen molar-refractivity contribution in [1.82, 2.24) is 9.47 Å². The second-order valence-electron chi connectivity index (χ2n) is 8.31. The highest BCUT2D eigenvalue weighted by Crippen LogP contribution is 2.19. The number of fused-ring (bicyclic) bond motifs is 2. The van der Waals surface area contributed by atoms with Crippen LogP contribution < -0.4 is 5.43 Å². The molecule has 166 valence electrons. The predicted molar refractivity (Wildman–Crippen MR) is 127 cm³/mol. The van der Waals surface area contributed by atoms with Gasteiger partial charge in [0.25, 0.3) is 5.91 Å². The average molecular weight is 440 g/mol. The van der Waals surface area contributed by atoms with Crippen molar-refractivity contribution in [3.8, 4) is 0 Å². The van der Waals surface area contributed by atoms with Crippen LogP contribution in [-0.4, -0.2) is 34.4 Å². The number of carbonyl (C=O) groups excluding carboxylic acids is 2. The van der Waals surface area contributed by atoms with Crippen molar-refractivity contribution >= 4 is 33.7 Å². The summed E-state index contributed by atoms with van der Waals surface area (Å²) in [6.07, 6.45) is 2.11. The molecule has 0 unspecified atom stereocenters. The first kappa shape index (κ1) is 20.9. The van der Waals surface area contributed by atoms with Crippen LogP contribution in [0.2, 0.25) is 0 Å². The lowest BCUT2D eigenvalue weighted by atomic mass is 10.1. The number of para-hydroxylation sites is 2. The summed E-state index contributed by atoms with van der Waals surface area (Å²) < 4.78 is 7.35. The SMILES string of the molecule is O=C(Cn1c2ccccc2c(=O)c2ccccc21)OCc1ccc(C(=O)N2CCCC2)cc1. The fraction of sp³-hybridized carbons (Fsp3) is 0.222. The minimum Gasteiger partial charge on any atom is -0.459 e. The van der Waals surface area contributed by atoms with Crippen molar-refractivity contribution in [2.45, 2.75) is 26.0 Å². The van der Waals surface area contributed by atoms with Crippen LogP contribution in [0.4, 0.5) is 0 Å². The van der Waals surface area contributed by atoms with Crippen molar-refractivity contribution in [3.63, 3.8) is 0 Å². The lowest BCUT2D eigenvalue weighted by Gasteiger charge is -2.16. The van der Waals surface area contributed by atoms with Crippen LogP contribution in [0.3, 0.4) is 0 Å². The van der Waals surface area contributed by atoms with Crippen molar-refractivity contribution in [2.75, 3.05) is 13.1 Å². The number of carbonyl (C=O) groups is 2. The summed E-state index contributed by atoms with van der Waals surface area (Å²) in [7, 11) is 0. The molecule has 1 saturated heterocycles. The van der Waals surface area contributed by atoms with Gasteiger partial charge in [-0.1, -0.05) is 36.4 Å². The molecule has 0 aliphatic carbocycles. The standard InChI is InChI=1S/C27H24N2O4/c30-25(33-18-19-11-13-20(14-12-19)27(32)28-15-5-6-16-28)17-29-23-9-3-1-7-21(23)26(31)22-8-2-4-10-24(22)29/h1-4,7-14H,5-6,15-18H2. The van der Waals surface area contributed by atoms with Crippen LogP contribution in [0, 0.1) is 0 Å². The summed E-state index contributed by atoms with van der Waals surface area (Å²) in [4.78, 5) is 39.9. The summed E-state index contributed by atoms with van der Waals surface area (Å²) in [5.74, 6) is -0.348. The lowest BCUT2D eigenvalue weighted by Crippen LogP contribution is -2.27. The van der Waals surface area contributed by atoms with E-state index in [1.54, 1.807) is 24.3 Å². The Labute approximate surface area is 191 Å². The van der Waals surface area contributed by atoms with Crippen LogP contribution in [-0.2, 0) is 22.7 Å². The zero-order chi connectivity index (χ0) is 22.8. The monoisotopic (exact) mass is 440 g/mol. The van der Waals surface area contributed by atoms with Crippen molar-refractivity contribution in [3.05, 3.63) is 94.1 Å². The Morgan fingerprint density at radius 3 is 1.97 bits per heavy atom. The number of benzene rings is 3. The van der Waals surface area contributed by atoms with E-state index in [4.69, 9.17) is 4.74 Å². The number of rotatable bonds is 5. The van der Waals surface area contributed by atoms with Crippen molar-refractivity contribution in [2.24, 2.45) is 0 Å². The topological polar surface area (TPSA) is 68.6 Å². The first-order chi connectivity index (χ1) is 16.1. The number of nitrogens with zero attached hydrogens (tertiary/aromatic N) is 2. The van der Waals surface area contributed by atoms with E-state index in [9.17, 15) is 14.4 Å². The van der Waals surface area contributed by atoms with Gasteiger partial charge < -0.3 is 14.2 Å². The second kappa shape index (κ2) is 8.90. The molecular weight excluding hydrogens is 416 g/mol. The molecule has 5 rings (SSSR count). The molecule has 6 heteroatoms. The number of esters is 1. The molecule has 0 spiro atoms. The molecule has 3 aromatic carbocycles. The first-order valence-corrected chi connectivity index (χ1v) is 11.2. The number of likely N-dealkylation sites (tertiary alicyclic amines) is 1. The number of amides is 1. The minimum atomic E-state index is -0.397. The van der Waals surface area contributed by atoms with Crippen LogP contribution >= 0.6 is 0 Å². The van der Waals surface area contributed by atoms with Gasteiger partial charge in [-0.15, -0.1) is 0 Å². The molecule has 0 saturated carbocycles. The molecule has 1 fully saturated rings.